The molecule has 1 aliphatic rings. The van der Waals surface area contributed by atoms with E-state index in [4.69, 9.17) is 11.6 Å². The lowest BCUT2D eigenvalue weighted by Gasteiger charge is -2.17. The first-order valence-corrected chi connectivity index (χ1v) is 10.5. The van der Waals surface area contributed by atoms with Crippen LogP contribution in [0.5, 0.6) is 0 Å². The summed E-state index contributed by atoms with van der Waals surface area (Å²) in [6.07, 6.45) is -9.50. The highest BCUT2D eigenvalue weighted by Gasteiger charge is 2.37. The Hall–Kier alpha value is -2.79. The maximum Gasteiger partial charge on any atom is 0.416 e. The lowest BCUT2D eigenvalue weighted by Crippen LogP contribution is -2.43. The number of nitrogens with zero attached hydrogens (tertiary/aromatic N) is 1. The first kappa shape index (κ1) is 25.8. The summed E-state index contributed by atoms with van der Waals surface area (Å²) in [4.78, 5) is 26.5. The normalized spacial score (nSPS) is 17.0. The zero-order valence-electron chi connectivity index (χ0n) is 17.6. The van der Waals surface area contributed by atoms with Crippen LogP contribution in [0.3, 0.4) is 0 Å². The van der Waals surface area contributed by atoms with Crippen molar-refractivity contribution in [3.05, 3.63) is 69.7 Å². The number of hydrogen-bond acceptors (Lipinski definition) is 3. The van der Waals surface area contributed by atoms with Crippen LogP contribution in [0.1, 0.15) is 33.5 Å². The molecule has 0 spiro atoms. The van der Waals surface area contributed by atoms with E-state index in [9.17, 15) is 35.9 Å². The predicted molar refractivity (Wildman–Crippen MR) is 112 cm³/mol. The van der Waals surface area contributed by atoms with Crippen LogP contribution in [0.15, 0.2) is 42.5 Å². The van der Waals surface area contributed by atoms with Crippen molar-refractivity contribution in [2.75, 3.05) is 19.6 Å². The quantitative estimate of drug-likeness (QED) is 0.566. The Bertz CT molecular complexity index is 1010. The number of halogens is 7. The molecule has 3 rings (SSSR count). The molecule has 2 aromatic carbocycles. The van der Waals surface area contributed by atoms with Gasteiger partial charge in [0.1, 0.15) is 0 Å². The molecule has 0 saturated carbocycles. The van der Waals surface area contributed by atoms with Crippen molar-refractivity contribution in [2.24, 2.45) is 0 Å². The summed E-state index contributed by atoms with van der Waals surface area (Å²) in [6.45, 7) is 1.32. The minimum atomic E-state index is -5.08. The summed E-state index contributed by atoms with van der Waals surface area (Å²) in [5, 5.41) is 5.40. The van der Waals surface area contributed by atoms with Crippen molar-refractivity contribution in [1.29, 1.82) is 0 Å². The number of rotatable bonds is 6. The van der Waals surface area contributed by atoms with Crippen LogP contribution in [0, 0.1) is 0 Å². The second-order valence-corrected chi connectivity index (χ2v) is 8.33. The molecular weight excluding hydrogens is 488 g/mol. The van der Waals surface area contributed by atoms with Gasteiger partial charge in [0, 0.05) is 36.3 Å². The Morgan fingerprint density at radius 1 is 0.971 bits per heavy atom. The highest BCUT2D eigenvalue weighted by atomic mass is 35.5. The molecule has 184 valence electrons. The molecule has 2 aromatic rings. The Balaban J connectivity index is 1.54. The number of carbonyl (C=O) groups excluding carboxylic acids is 2. The van der Waals surface area contributed by atoms with Crippen LogP contribution in [-0.2, 0) is 23.7 Å². The molecule has 0 bridgehead atoms. The lowest BCUT2D eigenvalue weighted by molar-refractivity contribution is -0.143. The molecule has 0 aromatic heterocycles. The molecule has 2 amide bonds. The van der Waals surface area contributed by atoms with Crippen LogP contribution >= 0.6 is 11.6 Å². The van der Waals surface area contributed by atoms with E-state index in [2.05, 4.69) is 15.5 Å². The highest BCUT2D eigenvalue weighted by molar-refractivity contribution is 6.30. The van der Waals surface area contributed by atoms with Gasteiger partial charge in [0.05, 0.1) is 17.7 Å². The van der Waals surface area contributed by atoms with E-state index < -0.39 is 47.4 Å². The van der Waals surface area contributed by atoms with E-state index in [1.807, 2.05) is 12.1 Å². The molecule has 0 unspecified atom stereocenters. The van der Waals surface area contributed by atoms with E-state index >= 15 is 0 Å². The molecule has 1 fully saturated rings. The Labute approximate surface area is 196 Å². The number of amides is 2. The second kappa shape index (κ2) is 10.2. The van der Waals surface area contributed by atoms with Gasteiger partial charge >= 0.3 is 12.4 Å². The molecule has 5 nitrogen and oxygen atoms in total. The van der Waals surface area contributed by atoms with Crippen molar-refractivity contribution in [2.45, 2.75) is 31.4 Å². The Kier molecular flexibility index (Phi) is 7.77. The number of nitrogens with one attached hydrogen (secondary N) is 2. The predicted octanol–water partition coefficient (Wildman–Crippen LogP) is 4.50. The first-order chi connectivity index (χ1) is 15.8. The van der Waals surface area contributed by atoms with Crippen LogP contribution in [0.2, 0.25) is 5.02 Å². The molecule has 0 radical (unpaired) electrons. The Morgan fingerprint density at radius 2 is 1.56 bits per heavy atom. The summed E-state index contributed by atoms with van der Waals surface area (Å²) in [7, 11) is 0. The monoisotopic (exact) mass is 507 g/mol. The van der Waals surface area contributed by atoms with Crippen molar-refractivity contribution in [3.8, 4) is 0 Å². The zero-order chi connectivity index (χ0) is 25.1. The fourth-order valence-corrected chi connectivity index (χ4v) is 3.70. The van der Waals surface area contributed by atoms with E-state index in [1.165, 1.54) is 0 Å². The SMILES string of the molecule is O=C(CNC(=O)c1cc(C(F)(F)F)cc(C(F)(F)F)c1)N[C@H]1CCN(Cc2ccc(Cl)cc2)C1. The topological polar surface area (TPSA) is 61.4 Å². The third kappa shape index (κ3) is 7.10. The third-order valence-electron chi connectivity index (χ3n) is 5.22. The van der Waals surface area contributed by atoms with Gasteiger partial charge in [0.25, 0.3) is 5.91 Å². The van der Waals surface area contributed by atoms with Gasteiger partial charge < -0.3 is 10.6 Å². The molecule has 1 aliphatic heterocycles. The van der Waals surface area contributed by atoms with Crippen LogP contribution in [-0.4, -0.2) is 42.4 Å². The number of likely N-dealkylation sites (tertiary alicyclic amines) is 1. The van der Waals surface area contributed by atoms with Crippen molar-refractivity contribution in [1.82, 2.24) is 15.5 Å². The fourth-order valence-electron chi connectivity index (χ4n) is 3.57. The van der Waals surface area contributed by atoms with Gasteiger partial charge in [-0.3, -0.25) is 14.5 Å². The van der Waals surface area contributed by atoms with Crippen LogP contribution < -0.4 is 10.6 Å². The van der Waals surface area contributed by atoms with Gasteiger partial charge in [0.2, 0.25) is 5.91 Å². The molecule has 12 heteroatoms. The number of hydrogen-bond donors (Lipinski definition) is 2. The highest BCUT2D eigenvalue weighted by Crippen LogP contribution is 2.36. The van der Waals surface area contributed by atoms with Gasteiger partial charge in [-0.1, -0.05) is 23.7 Å². The molecule has 2 N–H and O–H groups in total. The second-order valence-electron chi connectivity index (χ2n) is 7.89. The standard InChI is InChI=1S/C22H20ClF6N3O2/c23-17-3-1-13(2-4-17)11-32-6-5-18(12-32)31-19(33)10-30-20(34)14-7-15(21(24,25)26)9-16(8-14)22(27,28)29/h1-4,7-9,18H,5-6,10-12H2,(H,30,34)(H,31,33)/t18-/m0/s1. The molecule has 0 aliphatic carbocycles. The van der Waals surface area contributed by atoms with Crippen molar-refractivity contribution in [3.63, 3.8) is 0 Å². The first-order valence-electron chi connectivity index (χ1n) is 10.1. The van der Waals surface area contributed by atoms with Crippen LogP contribution in [0.4, 0.5) is 26.3 Å². The fraction of sp³-hybridized carbons (Fsp3) is 0.364. The summed E-state index contributed by atoms with van der Waals surface area (Å²) in [5.74, 6) is -1.82. The summed E-state index contributed by atoms with van der Waals surface area (Å²) in [6, 6.07) is 7.68. The smallest absolute Gasteiger partial charge is 0.350 e. The molecule has 34 heavy (non-hydrogen) atoms. The zero-order valence-corrected chi connectivity index (χ0v) is 18.3. The lowest BCUT2D eigenvalue weighted by atomic mass is 10.0. The summed E-state index contributed by atoms with van der Waals surface area (Å²) >= 11 is 5.86. The molecular formula is C22H20ClF6N3O2. The minimum Gasteiger partial charge on any atom is -0.350 e. The van der Waals surface area contributed by atoms with E-state index in [1.54, 1.807) is 12.1 Å². The van der Waals surface area contributed by atoms with Gasteiger partial charge in [0.15, 0.2) is 0 Å². The van der Waals surface area contributed by atoms with Crippen LogP contribution in [0.25, 0.3) is 0 Å². The van der Waals surface area contributed by atoms with E-state index in [0.717, 1.165) is 5.56 Å². The molecule has 1 heterocycles. The average Bonchev–Trinajstić information content (AvgIpc) is 3.18. The Morgan fingerprint density at radius 3 is 2.12 bits per heavy atom. The van der Waals surface area contributed by atoms with Gasteiger partial charge in [-0.05, 0) is 42.3 Å². The molecule has 1 saturated heterocycles. The average molecular weight is 508 g/mol. The molecule has 1 atom stereocenters. The van der Waals surface area contributed by atoms with Crippen molar-refractivity contribution < 1.29 is 35.9 Å². The minimum absolute atomic E-state index is 0.0701. The van der Waals surface area contributed by atoms with Gasteiger partial charge in [-0.2, -0.15) is 26.3 Å². The summed E-state index contributed by atoms with van der Waals surface area (Å²) in [5.41, 5.74) is -3.01. The maximum atomic E-state index is 13.0. The largest absolute Gasteiger partial charge is 0.416 e. The number of carbonyl (C=O) groups is 2. The van der Waals surface area contributed by atoms with Gasteiger partial charge in [-0.15, -0.1) is 0 Å². The summed E-state index contributed by atoms with van der Waals surface area (Å²) < 4.78 is 77.7. The van der Waals surface area contributed by atoms with Gasteiger partial charge in [-0.25, -0.2) is 0 Å². The third-order valence-corrected chi connectivity index (χ3v) is 5.47. The maximum absolute atomic E-state index is 13.0. The van der Waals surface area contributed by atoms with Crippen molar-refractivity contribution >= 4 is 23.4 Å². The van der Waals surface area contributed by atoms with E-state index in [-0.39, 0.29) is 12.1 Å². The number of benzene rings is 2. The number of alkyl halides is 6. The van der Waals surface area contributed by atoms with E-state index in [0.29, 0.717) is 43.2 Å².